The fourth-order valence-corrected chi connectivity index (χ4v) is 4.67. The van der Waals surface area contributed by atoms with E-state index in [1.807, 2.05) is 42.7 Å². The summed E-state index contributed by atoms with van der Waals surface area (Å²) in [6, 6.07) is 15.6. The standard InChI is InChI=1S/C27H19F3N8/c1-26(2,13-31)16-4-6-17(7-5-16)38-24-18-9-15(19-11-34-23(32)10-20(19)27(28,29)30)3-8-21(18)33-12-22(24)37-14-35-36-25(37)38/h3-12,14H,1-2H3,(H2,32,34). The van der Waals surface area contributed by atoms with Crippen LogP contribution in [0.4, 0.5) is 19.0 Å². The van der Waals surface area contributed by atoms with Gasteiger partial charge in [0.05, 0.1) is 39.8 Å². The van der Waals surface area contributed by atoms with Crippen LogP contribution >= 0.6 is 0 Å². The molecule has 0 spiro atoms. The number of anilines is 1. The Morgan fingerprint density at radius 1 is 0.974 bits per heavy atom. The summed E-state index contributed by atoms with van der Waals surface area (Å²) in [6.45, 7) is 3.68. The van der Waals surface area contributed by atoms with Crippen molar-refractivity contribution in [2.45, 2.75) is 25.4 Å². The van der Waals surface area contributed by atoms with Crippen LogP contribution in [0.25, 0.3) is 44.5 Å². The summed E-state index contributed by atoms with van der Waals surface area (Å²) in [6.07, 6.45) is -0.233. The molecule has 38 heavy (non-hydrogen) atoms. The summed E-state index contributed by atoms with van der Waals surface area (Å²) in [4.78, 5) is 8.45. The average molecular weight is 512 g/mol. The molecule has 0 amide bonds. The molecular weight excluding hydrogens is 493 g/mol. The predicted molar refractivity (Wildman–Crippen MR) is 136 cm³/mol. The lowest BCUT2D eigenvalue weighted by atomic mass is 9.86. The zero-order valence-corrected chi connectivity index (χ0v) is 20.2. The Morgan fingerprint density at radius 2 is 1.74 bits per heavy atom. The van der Waals surface area contributed by atoms with E-state index < -0.39 is 17.2 Å². The minimum absolute atomic E-state index is 0.0850. The number of nitrogens with zero attached hydrogens (tertiary/aromatic N) is 7. The number of nitrogens with two attached hydrogens (primary N) is 1. The molecular formula is C27H19F3N8. The van der Waals surface area contributed by atoms with Gasteiger partial charge in [0, 0.05) is 22.8 Å². The van der Waals surface area contributed by atoms with Crippen molar-refractivity contribution in [2.75, 3.05) is 5.73 Å². The van der Waals surface area contributed by atoms with Crippen molar-refractivity contribution in [3.63, 3.8) is 0 Å². The van der Waals surface area contributed by atoms with Gasteiger partial charge in [-0.15, -0.1) is 10.2 Å². The van der Waals surface area contributed by atoms with Crippen LogP contribution in [0.3, 0.4) is 0 Å². The maximum Gasteiger partial charge on any atom is 0.417 e. The number of alkyl halides is 3. The highest BCUT2D eigenvalue weighted by Crippen LogP contribution is 2.39. The Labute approximate surface area is 213 Å². The number of halogens is 3. The number of hydrogen-bond acceptors (Lipinski definition) is 6. The molecule has 0 unspecified atom stereocenters. The summed E-state index contributed by atoms with van der Waals surface area (Å²) in [5.41, 5.74) is 7.84. The van der Waals surface area contributed by atoms with Crippen molar-refractivity contribution in [1.82, 2.24) is 29.1 Å². The average Bonchev–Trinajstić information content (AvgIpc) is 3.49. The van der Waals surface area contributed by atoms with Gasteiger partial charge in [-0.3, -0.25) is 14.0 Å². The van der Waals surface area contributed by atoms with E-state index in [4.69, 9.17) is 5.73 Å². The van der Waals surface area contributed by atoms with Gasteiger partial charge < -0.3 is 5.73 Å². The molecule has 0 saturated carbocycles. The lowest BCUT2D eigenvalue weighted by Gasteiger charge is -2.16. The third-order valence-electron chi connectivity index (χ3n) is 6.70. The highest BCUT2D eigenvalue weighted by molar-refractivity contribution is 6.06. The second-order valence-electron chi connectivity index (χ2n) is 9.50. The van der Waals surface area contributed by atoms with Crippen LogP contribution < -0.4 is 5.73 Å². The SMILES string of the molecule is CC(C)(C#N)c1ccc(-n2c3c4cc(-c5cnc(N)cc5C(F)(F)F)ccc4ncc3n3cnnc23)cc1. The Hall–Kier alpha value is -4.98. The number of pyridine rings is 2. The van der Waals surface area contributed by atoms with E-state index in [1.165, 1.54) is 0 Å². The molecule has 0 aliphatic carbocycles. The molecule has 0 radical (unpaired) electrons. The normalized spacial score (nSPS) is 12.4. The van der Waals surface area contributed by atoms with Gasteiger partial charge >= 0.3 is 6.18 Å². The minimum atomic E-state index is -4.61. The first-order valence-corrected chi connectivity index (χ1v) is 11.6. The maximum absolute atomic E-state index is 13.9. The lowest BCUT2D eigenvalue weighted by Crippen LogP contribution is -2.13. The smallest absolute Gasteiger partial charge is 0.384 e. The summed E-state index contributed by atoms with van der Waals surface area (Å²) >= 11 is 0. The molecule has 0 saturated heterocycles. The van der Waals surface area contributed by atoms with Crippen LogP contribution in [-0.2, 0) is 11.6 Å². The van der Waals surface area contributed by atoms with E-state index in [0.717, 1.165) is 23.5 Å². The minimum Gasteiger partial charge on any atom is -0.384 e. The van der Waals surface area contributed by atoms with Gasteiger partial charge in [-0.25, -0.2) is 4.98 Å². The fourth-order valence-electron chi connectivity index (χ4n) is 4.67. The number of aromatic nitrogens is 6. The number of imidazole rings is 1. The first-order chi connectivity index (χ1) is 18.1. The molecule has 4 aromatic heterocycles. The molecule has 6 aromatic rings. The Balaban J connectivity index is 1.64. The molecule has 188 valence electrons. The third kappa shape index (κ3) is 3.53. The number of nitriles is 1. The molecule has 8 nitrogen and oxygen atoms in total. The van der Waals surface area contributed by atoms with Gasteiger partial charge in [0.2, 0.25) is 5.78 Å². The van der Waals surface area contributed by atoms with Crippen LogP contribution in [0.5, 0.6) is 0 Å². The van der Waals surface area contributed by atoms with Gasteiger partial charge in [0.1, 0.15) is 12.1 Å². The van der Waals surface area contributed by atoms with Crippen molar-refractivity contribution in [2.24, 2.45) is 0 Å². The third-order valence-corrected chi connectivity index (χ3v) is 6.70. The van der Waals surface area contributed by atoms with Gasteiger partial charge in [0.15, 0.2) is 0 Å². The fraction of sp³-hybridized carbons (Fsp3) is 0.148. The van der Waals surface area contributed by atoms with Crippen LogP contribution in [-0.4, -0.2) is 29.1 Å². The van der Waals surface area contributed by atoms with Crippen molar-refractivity contribution in [1.29, 1.82) is 5.26 Å². The van der Waals surface area contributed by atoms with Crippen LogP contribution in [0, 0.1) is 11.3 Å². The van der Waals surface area contributed by atoms with E-state index in [9.17, 15) is 18.4 Å². The van der Waals surface area contributed by atoms with E-state index in [-0.39, 0.29) is 11.4 Å². The summed E-state index contributed by atoms with van der Waals surface area (Å²) in [5.74, 6) is 0.300. The molecule has 0 bridgehead atoms. The van der Waals surface area contributed by atoms with Crippen molar-refractivity contribution in [3.05, 3.63) is 78.4 Å². The van der Waals surface area contributed by atoms with Crippen molar-refractivity contribution >= 4 is 33.5 Å². The van der Waals surface area contributed by atoms with E-state index in [0.29, 0.717) is 33.3 Å². The zero-order valence-electron chi connectivity index (χ0n) is 20.2. The first-order valence-electron chi connectivity index (χ1n) is 11.6. The number of benzene rings is 2. The molecule has 0 aliphatic heterocycles. The quantitative estimate of drug-likeness (QED) is 0.326. The topological polar surface area (TPSA) is 111 Å². The zero-order chi connectivity index (χ0) is 26.8. The summed E-state index contributed by atoms with van der Waals surface area (Å²) < 4.78 is 45.3. The van der Waals surface area contributed by atoms with Crippen LogP contribution in [0.15, 0.2) is 67.3 Å². The predicted octanol–water partition coefficient (Wildman–Crippen LogP) is 5.69. The molecule has 2 N–H and O–H groups in total. The maximum atomic E-state index is 13.9. The molecule has 0 atom stereocenters. The van der Waals surface area contributed by atoms with Crippen LogP contribution in [0.1, 0.15) is 25.0 Å². The van der Waals surface area contributed by atoms with Crippen LogP contribution in [0.2, 0.25) is 0 Å². The van der Waals surface area contributed by atoms with Crippen molar-refractivity contribution in [3.8, 4) is 22.9 Å². The number of hydrogen-bond donors (Lipinski definition) is 1. The molecule has 6 rings (SSSR count). The second kappa shape index (κ2) is 8.01. The van der Waals surface area contributed by atoms with Gasteiger partial charge in [-0.05, 0) is 55.3 Å². The highest BCUT2D eigenvalue weighted by atomic mass is 19.4. The number of fused-ring (bicyclic) bond motifs is 5. The first kappa shape index (κ1) is 23.4. The Morgan fingerprint density at radius 3 is 2.45 bits per heavy atom. The van der Waals surface area contributed by atoms with Gasteiger partial charge in [-0.2, -0.15) is 18.4 Å². The molecule has 0 aliphatic rings. The number of rotatable bonds is 3. The molecule has 2 aromatic carbocycles. The summed E-state index contributed by atoms with van der Waals surface area (Å²) in [5, 5.41) is 18.5. The highest BCUT2D eigenvalue weighted by Gasteiger charge is 2.34. The van der Waals surface area contributed by atoms with Crippen molar-refractivity contribution < 1.29 is 13.2 Å². The van der Waals surface area contributed by atoms with Gasteiger partial charge in [0.25, 0.3) is 0 Å². The number of nitrogen functional groups attached to an aromatic ring is 1. The molecule has 11 heteroatoms. The van der Waals surface area contributed by atoms with E-state index >= 15 is 0 Å². The largest absolute Gasteiger partial charge is 0.417 e. The monoisotopic (exact) mass is 512 g/mol. The molecule has 0 fully saturated rings. The second-order valence-corrected chi connectivity index (χ2v) is 9.50. The Kier molecular flexibility index (Phi) is 4.94. The molecule has 4 heterocycles. The summed E-state index contributed by atoms with van der Waals surface area (Å²) in [7, 11) is 0. The lowest BCUT2D eigenvalue weighted by molar-refractivity contribution is -0.137. The van der Waals surface area contributed by atoms with E-state index in [2.05, 4.69) is 26.2 Å². The Bertz CT molecular complexity index is 1910. The van der Waals surface area contributed by atoms with Gasteiger partial charge in [-0.1, -0.05) is 18.2 Å². The van der Waals surface area contributed by atoms with E-state index in [1.54, 1.807) is 35.1 Å².